The molecule has 1 aromatic rings. The summed E-state index contributed by atoms with van der Waals surface area (Å²) in [5.74, 6) is 1.24. The number of benzene rings is 1. The van der Waals surface area contributed by atoms with Crippen molar-refractivity contribution in [3.8, 4) is 0 Å². The molecule has 1 aromatic carbocycles. The van der Waals surface area contributed by atoms with Crippen LogP contribution in [0.25, 0.3) is 0 Å². The summed E-state index contributed by atoms with van der Waals surface area (Å²) >= 11 is 0. The van der Waals surface area contributed by atoms with Crippen molar-refractivity contribution in [2.24, 2.45) is 33.1 Å². The summed E-state index contributed by atoms with van der Waals surface area (Å²) < 4.78 is 13.9. The lowest BCUT2D eigenvalue weighted by atomic mass is 9.74. The molecule has 0 saturated heterocycles. The lowest BCUT2D eigenvalue weighted by molar-refractivity contribution is -0.125. The Morgan fingerprint density at radius 2 is 1.66 bits per heavy atom. The summed E-state index contributed by atoms with van der Waals surface area (Å²) in [6.07, 6.45) is 1.26. The highest BCUT2D eigenvalue weighted by molar-refractivity contribution is 6.06. The molecule has 0 radical (unpaired) electrons. The van der Waals surface area contributed by atoms with E-state index >= 15 is 0 Å². The third-order valence-electron chi connectivity index (χ3n) is 7.17. The van der Waals surface area contributed by atoms with Crippen LogP contribution in [-0.4, -0.2) is 70.0 Å². The Kier molecular flexibility index (Phi) is 15.1. The average Bonchev–Trinajstić information content (AvgIpc) is 2.93. The molecule has 3 rings (SSSR count). The van der Waals surface area contributed by atoms with Crippen LogP contribution in [0.5, 0.6) is 0 Å². The van der Waals surface area contributed by atoms with Crippen LogP contribution in [-0.2, 0) is 16.2 Å². The van der Waals surface area contributed by atoms with Crippen molar-refractivity contribution in [1.29, 1.82) is 0 Å². The summed E-state index contributed by atoms with van der Waals surface area (Å²) in [6.45, 7) is 10.0. The molecule has 1 saturated carbocycles. The number of halogens is 1. The summed E-state index contributed by atoms with van der Waals surface area (Å²) in [7, 11) is 0. The molecular weight excluding hydrogens is 526 g/mol. The highest BCUT2D eigenvalue weighted by Gasteiger charge is 2.33. The molecule has 4 N–H and O–H groups in total. The van der Waals surface area contributed by atoms with Gasteiger partial charge in [0.05, 0.1) is 18.0 Å². The first-order valence-corrected chi connectivity index (χ1v) is 14.9. The number of alkyl halides is 1. The van der Waals surface area contributed by atoms with Crippen LogP contribution >= 0.6 is 0 Å². The van der Waals surface area contributed by atoms with E-state index < -0.39 is 37.0 Å². The van der Waals surface area contributed by atoms with Crippen LogP contribution in [0.2, 0.25) is 0 Å². The molecule has 1 amide bonds. The second-order valence-electron chi connectivity index (χ2n) is 11.6. The second-order valence-corrected chi connectivity index (χ2v) is 11.6. The number of hydrogen-bond acceptors (Lipinski definition) is 8. The van der Waals surface area contributed by atoms with Crippen molar-refractivity contribution in [1.82, 2.24) is 5.32 Å². The van der Waals surface area contributed by atoms with E-state index in [1.165, 1.54) is 25.7 Å². The summed E-state index contributed by atoms with van der Waals surface area (Å²) in [5.41, 5.74) is 4.14. The topological polar surface area (TPSA) is 136 Å². The van der Waals surface area contributed by atoms with Crippen molar-refractivity contribution in [3.05, 3.63) is 35.4 Å². The minimum atomic E-state index is -2.06. The zero-order chi connectivity index (χ0) is 30.4. The van der Waals surface area contributed by atoms with Crippen LogP contribution in [0.15, 0.2) is 39.6 Å². The number of amides is 1. The molecule has 10 heteroatoms. The summed E-state index contributed by atoms with van der Waals surface area (Å²) in [5, 5.41) is 43.9. The van der Waals surface area contributed by atoms with E-state index in [-0.39, 0.29) is 13.0 Å². The van der Waals surface area contributed by atoms with Gasteiger partial charge < -0.3 is 25.5 Å². The number of nitrogens with one attached hydrogen (secondary N) is 1. The molecule has 2 unspecified atom stereocenters. The Morgan fingerprint density at radius 3 is 2.27 bits per heavy atom. The molecule has 0 bridgehead atoms. The van der Waals surface area contributed by atoms with Gasteiger partial charge in [0.2, 0.25) is 0 Å². The normalized spacial score (nSPS) is 22.1. The van der Waals surface area contributed by atoms with Crippen LogP contribution in [0, 0.1) is 17.8 Å². The molecule has 41 heavy (non-hydrogen) atoms. The van der Waals surface area contributed by atoms with Crippen molar-refractivity contribution in [2.45, 2.75) is 111 Å². The number of fused-ring (bicyclic) bond motifs is 1. The van der Waals surface area contributed by atoms with E-state index in [1.54, 1.807) is 6.92 Å². The smallest absolute Gasteiger partial charge is 0.261 e. The SMILES string of the molecule is CC(C)C.CC[C@@H](O)[C@@H](O)[C@H](O)[C@@H]([18F])/C=N/OCC(=O)NCc1ccc(C2=NN=C(C)C3CCCCCCC23)cc1. The van der Waals surface area contributed by atoms with Gasteiger partial charge in [-0.25, -0.2) is 4.39 Å². The fourth-order valence-corrected chi connectivity index (χ4v) is 4.85. The molecule has 1 aliphatic heterocycles. The quantitative estimate of drug-likeness (QED) is 0.227. The number of rotatable bonds is 11. The molecule has 230 valence electrons. The monoisotopic (exact) mass is 575 g/mol. The Bertz CT molecular complexity index is 1010. The van der Waals surface area contributed by atoms with Crippen molar-refractivity contribution in [2.75, 3.05) is 6.61 Å². The lowest BCUT2D eigenvalue weighted by Crippen LogP contribution is -2.43. The van der Waals surface area contributed by atoms with Gasteiger partial charge in [-0.15, -0.1) is 0 Å². The van der Waals surface area contributed by atoms with Gasteiger partial charge in [-0.05, 0) is 43.2 Å². The van der Waals surface area contributed by atoms with Gasteiger partial charge in [0.15, 0.2) is 12.8 Å². The highest BCUT2D eigenvalue weighted by atomic mass is 18.2. The van der Waals surface area contributed by atoms with E-state index in [9.17, 15) is 24.5 Å². The number of carbonyl (C=O) groups is 1. The predicted octanol–water partition coefficient (Wildman–Crippen LogP) is 4.56. The minimum Gasteiger partial charge on any atom is -0.390 e. The number of carbonyl (C=O) groups excluding carboxylic acids is 1. The number of hydrogen-bond donors (Lipinski definition) is 4. The molecule has 2 aliphatic rings. The third kappa shape index (κ3) is 11.6. The molecule has 1 heterocycles. The van der Waals surface area contributed by atoms with Crippen LogP contribution in [0.1, 0.15) is 90.7 Å². The number of oxime groups is 1. The largest absolute Gasteiger partial charge is 0.390 e. The average molecular weight is 576 g/mol. The first-order valence-electron chi connectivity index (χ1n) is 14.9. The third-order valence-corrected chi connectivity index (χ3v) is 7.17. The maximum atomic E-state index is 13.9. The number of nitrogens with zero attached hydrogens (tertiary/aromatic N) is 3. The highest BCUT2D eigenvalue weighted by Crippen LogP contribution is 2.34. The Morgan fingerprint density at radius 1 is 1.05 bits per heavy atom. The molecule has 9 nitrogen and oxygen atoms in total. The van der Waals surface area contributed by atoms with E-state index in [2.05, 4.69) is 48.4 Å². The maximum Gasteiger partial charge on any atom is 0.261 e. The van der Waals surface area contributed by atoms with Gasteiger partial charge in [-0.1, -0.05) is 82.8 Å². The standard InChI is InChI=1S/C27H39FN4O5.C4H10/c1-3-23(33)27(36)26(35)22(28)15-30-37-16-24(34)29-14-18-10-12-19(13-11-18)25-21-9-7-5-4-6-8-20(21)17(2)31-32-25;1-4(2)3/h10-13,15,20-23,26-27,33,35-36H,3-9,14,16H2,1-2H3,(H,29,34);4H,1-3H3/b30-15+;/t20?,21?,22-,23+,26+,27+;/m0./s1/i28-1;. The van der Waals surface area contributed by atoms with E-state index in [4.69, 9.17) is 4.84 Å². The van der Waals surface area contributed by atoms with Gasteiger partial charge in [0.1, 0.15) is 12.2 Å². The zero-order valence-corrected chi connectivity index (χ0v) is 25.2. The Hall–Kier alpha value is -2.69. The van der Waals surface area contributed by atoms with Crippen molar-refractivity contribution >= 4 is 23.5 Å². The first-order chi connectivity index (χ1) is 19.5. The van der Waals surface area contributed by atoms with Crippen molar-refractivity contribution < 1.29 is 29.3 Å². The van der Waals surface area contributed by atoms with Gasteiger partial charge in [0.25, 0.3) is 5.91 Å². The van der Waals surface area contributed by atoms with Gasteiger partial charge in [-0.2, -0.15) is 10.2 Å². The maximum absolute atomic E-state index is 13.9. The van der Waals surface area contributed by atoms with E-state index in [0.29, 0.717) is 18.1 Å². The predicted molar refractivity (Wildman–Crippen MR) is 161 cm³/mol. The van der Waals surface area contributed by atoms with Crippen LogP contribution in [0.4, 0.5) is 4.39 Å². The molecule has 1 fully saturated rings. The fourth-order valence-electron chi connectivity index (χ4n) is 4.85. The van der Waals surface area contributed by atoms with Crippen LogP contribution < -0.4 is 5.32 Å². The van der Waals surface area contributed by atoms with Crippen LogP contribution in [0.3, 0.4) is 0 Å². The molecule has 1 aliphatic carbocycles. The number of aliphatic hydroxyl groups is 3. The zero-order valence-electron chi connectivity index (χ0n) is 25.2. The van der Waals surface area contributed by atoms with Gasteiger partial charge >= 0.3 is 0 Å². The van der Waals surface area contributed by atoms with Crippen molar-refractivity contribution in [3.63, 3.8) is 0 Å². The second kappa shape index (κ2) is 18.0. The molecule has 0 aromatic heterocycles. The number of aliphatic hydroxyl groups excluding tert-OH is 3. The summed E-state index contributed by atoms with van der Waals surface area (Å²) in [6, 6.07) is 7.93. The van der Waals surface area contributed by atoms with Gasteiger partial charge in [0, 0.05) is 24.1 Å². The van der Waals surface area contributed by atoms with Gasteiger partial charge in [-0.3, -0.25) is 4.79 Å². The van der Waals surface area contributed by atoms with E-state index in [1.807, 2.05) is 24.3 Å². The fraction of sp³-hybridized carbons (Fsp3) is 0.677. The molecule has 0 spiro atoms. The first kappa shape index (κ1) is 34.5. The molecular formula is C31H49FN4O5. The molecule has 6 atom stereocenters. The van der Waals surface area contributed by atoms with E-state index in [0.717, 1.165) is 41.3 Å². The Labute approximate surface area is 244 Å². The lowest BCUT2D eigenvalue weighted by Gasteiger charge is -2.32. The minimum absolute atomic E-state index is 0.158. The summed E-state index contributed by atoms with van der Waals surface area (Å²) in [4.78, 5) is 16.8. The Balaban J connectivity index is 0.00000138.